The lowest BCUT2D eigenvalue weighted by Gasteiger charge is -2.08. The molecule has 1 aromatic heterocycles. The Labute approximate surface area is 114 Å². The second-order valence-corrected chi connectivity index (χ2v) is 6.95. The molecular weight excluding hydrogens is 266 g/mol. The van der Waals surface area contributed by atoms with Crippen molar-refractivity contribution >= 4 is 9.84 Å². The minimum absolute atomic E-state index is 0.0427. The van der Waals surface area contributed by atoms with Gasteiger partial charge in [-0.2, -0.15) is 0 Å². The zero-order valence-electron chi connectivity index (χ0n) is 11.2. The highest BCUT2D eigenvalue weighted by molar-refractivity contribution is 7.90. The van der Waals surface area contributed by atoms with Crippen LogP contribution in [0.4, 0.5) is 0 Å². The van der Waals surface area contributed by atoms with Crippen LogP contribution < -0.4 is 5.32 Å². The molecule has 0 amide bonds. The molecule has 2 rings (SSSR count). The zero-order chi connectivity index (χ0) is 13.7. The molecule has 6 heteroatoms. The van der Waals surface area contributed by atoms with Crippen LogP contribution in [0.25, 0.3) is 0 Å². The van der Waals surface area contributed by atoms with Gasteiger partial charge in [0.15, 0.2) is 9.84 Å². The molecule has 0 bridgehead atoms. The Bertz CT molecular complexity index is 488. The zero-order valence-corrected chi connectivity index (χ0v) is 12.0. The molecule has 0 saturated carbocycles. The third kappa shape index (κ3) is 4.63. The van der Waals surface area contributed by atoms with Crippen LogP contribution in [0.5, 0.6) is 0 Å². The van der Waals surface area contributed by atoms with Gasteiger partial charge in [-0.1, -0.05) is 6.92 Å². The summed E-state index contributed by atoms with van der Waals surface area (Å²) in [7, 11) is -3.16. The van der Waals surface area contributed by atoms with E-state index in [0.717, 1.165) is 25.1 Å². The van der Waals surface area contributed by atoms with E-state index in [1.54, 1.807) is 6.07 Å². The fourth-order valence-corrected chi connectivity index (χ4v) is 3.71. The van der Waals surface area contributed by atoms with E-state index in [1.165, 1.54) is 0 Å². The second-order valence-electron chi connectivity index (χ2n) is 4.84. The number of rotatable bonds is 7. The molecule has 1 unspecified atom stereocenters. The van der Waals surface area contributed by atoms with Gasteiger partial charge < -0.3 is 14.5 Å². The lowest BCUT2D eigenvalue weighted by Crippen LogP contribution is -2.21. The van der Waals surface area contributed by atoms with Crippen molar-refractivity contribution in [2.24, 2.45) is 0 Å². The van der Waals surface area contributed by atoms with E-state index in [1.807, 2.05) is 13.0 Å². The largest absolute Gasteiger partial charge is 0.464 e. The van der Waals surface area contributed by atoms with Crippen molar-refractivity contribution in [3.8, 4) is 0 Å². The third-order valence-corrected chi connectivity index (χ3v) is 4.70. The summed E-state index contributed by atoms with van der Waals surface area (Å²) in [6.07, 6.45) is 1.65. The molecule has 1 atom stereocenters. The minimum atomic E-state index is -3.16. The highest BCUT2D eigenvalue weighted by Gasteiger charge is 2.24. The third-order valence-electron chi connectivity index (χ3n) is 3.09. The molecule has 19 heavy (non-hydrogen) atoms. The van der Waals surface area contributed by atoms with Gasteiger partial charge in [-0.25, -0.2) is 8.42 Å². The normalized spacial score (nSPS) is 19.9. The SMILES string of the molecule is CCNCc1ccc(CS(=O)(=O)CC2CCCO2)o1. The number of ether oxygens (including phenoxy) is 1. The molecule has 1 fully saturated rings. The van der Waals surface area contributed by atoms with Gasteiger partial charge in [-0.05, 0) is 31.5 Å². The predicted octanol–water partition coefficient (Wildman–Crippen LogP) is 1.48. The highest BCUT2D eigenvalue weighted by Crippen LogP contribution is 2.17. The Hall–Kier alpha value is -0.850. The topological polar surface area (TPSA) is 68.5 Å². The smallest absolute Gasteiger partial charge is 0.160 e. The maximum Gasteiger partial charge on any atom is 0.160 e. The quantitative estimate of drug-likeness (QED) is 0.822. The Morgan fingerprint density at radius 1 is 1.37 bits per heavy atom. The standard InChI is InChI=1S/C13H21NO4S/c1-2-14-8-11-5-6-13(18-11)10-19(15,16)9-12-4-3-7-17-12/h5-6,12,14H,2-4,7-10H2,1H3. The van der Waals surface area contributed by atoms with Crippen LogP contribution in [0.15, 0.2) is 16.5 Å². The number of sulfone groups is 1. The van der Waals surface area contributed by atoms with Gasteiger partial charge in [0.25, 0.3) is 0 Å². The van der Waals surface area contributed by atoms with Gasteiger partial charge in [0.1, 0.15) is 17.3 Å². The highest BCUT2D eigenvalue weighted by atomic mass is 32.2. The van der Waals surface area contributed by atoms with Gasteiger partial charge in [0, 0.05) is 6.61 Å². The van der Waals surface area contributed by atoms with Crippen molar-refractivity contribution in [1.82, 2.24) is 5.32 Å². The predicted molar refractivity (Wildman–Crippen MR) is 72.6 cm³/mol. The fourth-order valence-electron chi connectivity index (χ4n) is 2.18. The molecule has 1 saturated heterocycles. The summed E-state index contributed by atoms with van der Waals surface area (Å²) in [6, 6.07) is 3.55. The molecule has 1 aromatic rings. The van der Waals surface area contributed by atoms with Gasteiger partial charge in [0.2, 0.25) is 0 Å². The second kappa shape index (κ2) is 6.54. The van der Waals surface area contributed by atoms with Crippen molar-refractivity contribution in [2.45, 2.75) is 38.2 Å². The van der Waals surface area contributed by atoms with Crippen molar-refractivity contribution in [3.63, 3.8) is 0 Å². The van der Waals surface area contributed by atoms with E-state index >= 15 is 0 Å². The van der Waals surface area contributed by atoms with Crippen molar-refractivity contribution in [3.05, 3.63) is 23.7 Å². The van der Waals surface area contributed by atoms with E-state index in [9.17, 15) is 8.42 Å². The van der Waals surface area contributed by atoms with E-state index in [0.29, 0.717) is 18.9 Å². The maximum atomic E-state index is 12.0. The Morgan fingerprint density at radius 3 is 2.84 bits per heavy atom. The number of hydrogen-bond donors (Lipinski definition) is 1. The molecular formula is C13H21NO4S. The van der Waals surface area contributed by atoms with Crippen LogP contribution in [0, 0.1) is 0 Å². The van der Waals surface area contributed by atoms with Gasteiger partial charge in [0.05, 0.1) is 18.4 Å². The fraction of sp³-hybridized carbons (Fsp3) is 0.692. The van der Waals surface area contributed by atoms with Crippen molar-refractivity contribution in [2.75, 3.05) is 18.9 Å². The molecule has 0 aliphatic carbocycles. The van der Waals surface area contributed by atoms with Gasteiger partial charge >= 0.3 is 0 Å². The first kappa shape index (κ1) is 14.6. The molecule has 5 nitrogen and oxygen atoms in total. The Kier molecular flexibility index (Phi) is 5.01. The van der Waals surface area contributed by atoms with E-state index in [4.69, 9.17) is 9.15 Å². The van der Waals surface area contributed by atoms with Crippen LogP contribution in [0.2, 0.25) is 0 Å². The van der Waals surface area contributed by atoms with Crippen molar-refractivity contribution < 1.29 is 17.6 Å². The first-order valence-electron chi connectivity index (χ1n) is 6.69. The van der Waals surface area contributed by atoms with Crippen LogP contribution in [-0.4, -0.2) is 33.4 Å². The number of furan rings is 1. The molecule has 0 aromatic carbocycles. The average molecular weight is 287 g/mol. The lowest BCUT2D eigenvalue weighted by molar-refractivity contribution is 0.127. The molecule has 0 radical (unpaired) electrons. The van der Waals surface area contributed by atoms with Crippen LogP contribution in [0.3, 0.4) is 0 Å². The van der Waals surface area contributed by atoms with Crippen LogP contribution in [0.1, 0.15) is 31.3 Å². The number of nitrogens with one attached hydrogen (secondary N) is 1. The summed E-state index contributed by atoms with van der Waals surface area (Å²) in [5, 5.41) is 3.14. The average Bonchev–Trinajstić information content (AvgIpc) is 2.97. The minimum Gasteiger partial charge on any atom is -0.464 e. The monoisotopic (exact) mass is 287 g/mol. The first-order chi connectivity index (χ1) is 9.09. The molecule has 2 heterocycles. The van der Waals surface area contributed by atoms with E-state index in [-0.39, 0.29) is 17.6 Å². The molecule has 1 aliphatic heterocycles. The molecule has 1 aliphatic rings. The van der Waals surface area contributed by atoms with E-state index < -0.39 is 9.84 Å². The Balaban J connectivity index is 1.89. The Morgan fingerprint density at radius 2 is 2.16 bits per heavy atom. The van der Waals surface area contributed by atoms with Gasteiger partial charge in [-0.15, -0.1) is 0 Å². The maximum absolute atomic E-state index is 12.0. The van der Waals surface area contributed by atoms with Crippen LogP contribution >= 0.6 is 0 Å². The summed E-state index contributed by atoms with van der Waals surface area (Å²) in [5.41, 5.74) is 0. The first-order valence-corrected chi connectivity index (χ1v) is 8.51. The summed E-state index contributed by atoms with van der Waals surface area (Å²) >= 11 is 0. The van der Waals surface area contributed by atoms with Gasteiger partial charge in [-0.3, -0.25) is 0 Å². The van der Waals surface area contributed by atoms with Crippen LogP contribution in [-0.2, 0) is 26.9 Å². The summed E-state index contributed by atoms with van der Waals surface area (Å²) in [6.45, 7) is 4.17. The summed E-state index contributed by atoms with van der Waals surface area (Å²) < 4.78 is 34.9. The summed E-state index contributed by atoms with van der Waals surface area (Å²) in [5.74, 6) is 1.32. The molecule has 1 N–H and O–H groups in total. The number of hydrogen-bond acceptors (Lipinski definition) is 5. The molecule has 108 valence electrons. The van der Waals surface area contributed by atoms with Crippen molar-refractivity contribution in [1.29, 1.82) is 0 Å². The lowest BCUT2D eigenvalue weighted by atomic mass is 10.3. The summed E-state index contributed by atoms with van der Waals surface area (Å²) in [4.78, 5) is 0. The van der Waals surface area contributed by atoms with E-state index in [2.05, 4.69) is 5.32 Å². The molecule has 0 spiro atoms.